The molecule has 0 spiro atoms. The van der Waals surface area contributed by atoms with Crippen molar-refractivity contribution in [2.75, 3.05) is 13.6 Å². The van der Waals surface area contributed by atoms with Gasteiger partial charge >= 0.3 is 0 Å². The van der Waals surface area contributed by atoms with Gasteiger partial charge in [0.25, 0.3) is 5.69 Å². The first kappa shape index (κ1) is 18.8. The Balaban J connectivity index is 2.18. The highest BCUT2D eigenvalue weighted by Gasteiger charge is 2.13. The second kappa shape index (κ2) is 8.53. The number of hydrogen-bond donors (Lipinski definition) is 1. The molecule has 0 radical (unpaired) electrons. The van der Waals surface area contributed by atoms with Crippen LogP contribution in [0.4, 0.5) is 5.69 Å². The van der Waals surface area contributed by atoms with Gasteiger partial charge in [-0.2, -0.15) is 0 Å². The summed E-state index contributed by atoms with van der Waals surface area (Å²) in [4.78, 5) is 17.2. The number of nitrogens with one attached hydrogen (secondary N) is 1. The first-order valence-corrected chi connectivity index (χ1v) is 8.32. The minimum atomic E-state index is -0.381. The third kappa shape index (κ3) is 4.96. The number of guanidine groups is 1. The van der Waals surface area contributed by atoms with E-state index in [1.54, 1.807) is 18.2 Å². The summed E-state index contributed by atoms with van der Waals surface area (Å²) < 4.78 is 1.96. The predicted octanol–water partition coefficient (Wildman–Crippen LogP) is 3.18. The molecule has 2 rings (SSSR count). The molecule has 1 heterocycles. The van der Waals surface area contributed by atoms with Gasteiger partial charge in [0.15, 0.2) is 5.96 Å². The van der Waals surface area contributed by atoms with Crippen LogP contribution in [0.1, 0.15) is 18.2 Å². The number of aliphatic imine (C=N–C) groups is 1. The normalized spacial score (nSPS) is 11.4. The Morgan fingerprint density at radius 1 is 1.44 bits per heavy atom. The number of benzene rings is 1. The number of halogens is 1. The molecule has 0 aliphatic rings. The van der Waals surface area contributed by atoms with Crippen molar-refractivity contribution in [3.63, 3.8) is 0 Å². The van der Waals surface area contributed by atoms with E-state index < -0.39 is 0 Å². The SMILES string of the molecule is CCNC(=NCc1ccccc1[N+](=O)[O-])N(C)Cc1cc(Cl)cn1C. The Morgan fingerprint density at radius 2 is 2.16 bits per heavy atom. The highest BCUT2D eigenvalue weighted by Crippen LogP contribution is 2.19. The lowest BCUT2D eigenvalue weighted by atomic mass is 10.2. The summed E-state index contributed by atoms with van der Waals surface area (Å²) in [6.07, 6.45) is 1.85. The van der Waals surface area contributed by atoms with E-state index in [-0.39, 0.29) is 17.2 Å². The van der Waals surface area contributed by atoms with Crippen molar-refractivity contribution in [3.05, 3.63) is 62.9 Å². The van der Waals surface area contributed by atoms with Crippen LogP contribution in [-0.4, -0.2) is 33.9 Å². The summed E-state index contributed by atoms with van der Waals surface area (Å²) >= 11 is 6.03. The number of aromatic nitrogens is 1. The fourth-order valence-corrected chi connectivity index (χ4v) is 2.77. The molecule has 1 N–H and O–H groups in total. The van der Waals surface area contributed by atoms with Crippen LogP contribution in [0.2, 0.25) is 5.02 Å². The standard InChI is InChI=1S/C17H22ClN5O2/c1-4-19-17(22(3)12-15-9-14(18)11-21(15)2)20-10-13-7-5-6-8-16(13)23(24)25/h5-9,11H,4,10,12H2,1-3H3,(H,19,20). The molecule has 0 unspecified atom stereocenters. The molecule has 0 atom stereocenters. The summed E-state index contributed by atoms with van der Waals surface area (Å²) in [6.45, 7) is 3.53. The first-order valence-electron chi connectivity index (χ1n) is 7.94. The minimum Gasteiger partial charge on any atom is -0.357 e. The molecule has 0 saturated heterocycles. The van der Waals surface area contributed by atoms with Crippen molar-refractivity contribution in [2.24, 2.45) is 12.0 Å². The number of nitro groups is 1. The van der Waals surface area contributed by atoms with Gasteiger partial charge in [0, 0.05) is 38.6 Å². The van der Waals surface area contributed by atoms with E-state index >= 15 is 0 Å². The van der Waals surface area contributed by atoms with Crippen molar-refractivity contribution >= 4 is 23.2 Å². The number of nitrogens with zero attached hydrogens (tertiary/aromatic N) is 4. The van der Waals surface area contributed by atoms with Crippen LogP contribution in [0.15, 0.2) is 41.5 Å². The van der Waals surface area contributed by atoms with Crippen molar-refractivity contribution in [1.82, 2.24) is 14.8 Å². The molecule has 0 fully saturated rings. The molecular formula is C17H22ClN5O2. The van der Waals surface area contributed by atoms with Gasteiger partial charge in [-0.3, -0.25) is 10.1 Å². The summed E-state index contributed by atoms with van der Waals surface area (Å²) in [5, 5.41) is 15.0. The Hall–Kier alpha value is -2.54. The third-order valence-corrected chi connectivity index (χ3v) is 3.96. The smallest absolute Gasteiger partial charge is 0.274 e. The molecule has 1 aromatic carbocycles. The molecule has 2 aromatic rings. The monoisotopic (exact) mass is 363 g/mol. The average molecular weight is 364 g/mol. The second-order valence-corrected chi connectivity index (χ2v) is 6.11. The zero-order chi connectivity index (χ0) is 18.4. The van der Waals surface area contributed by atoms with E-state index in [0.717, 1.165) is 5.69 Å². The maximum absolute atomic E-state index is 11.1. The van der Waals surface area contributed by atoms with Crippen LogP contribution in [0.3, 0.4) is 0 Å². The second-order valence-electron chi connectivity index (χ2n) is 5.67. The molecule has 0 saturated carbocycles. The van der Waals surface area contributed by atoms with Crippen molar-refractivity contribution in [3.8, 4) is 0 Å². The quantitative estimate of drug-likeness (QED) is 0.370. The van der Waals surface area contributed by atoms with Gasteiger partial charge in [0.05, 0.1) is 28.6 Å². The zero-order valence-corrected chi connectivity index (χ0v) is 15.3. The van der Waals surface area contributed by atoms with Crippen molar-refractivity contribution in [1.29, 1.82) is 0 Å². The Morgan fingerprint density at radius 3 is 2.76 bits per heavy atom. The van der Waals surface area contributed by atoms with Gasteiger partial charge < -0.3 is 14.8 Å². The van der Waals surface area contributed by atoms with Gasteiger partial charge in [0.2, 0.25) is 0 Å². The number of hydrogen-bond acceptors (Lipinski definition) is 3. The third-order valence-electron chi connectivity index (χ3n) is 3.76. The number of rotatable bonds is 6. The summed E-state index contributed by atoms with van der Waals surface area (Å²) in [6, 6.07) is 8.56. The van der Waals surface area contributed by atoms with E-state index in [9.17, 15) is 10.1 Å². The lowest BCUT2D eigenvalue weighted by Gasteiger charge is -2.22. The molecule has 8 heteroatoms. The largest absolute Gasteiger partial charge is 0.357 e. The number of nitro benzene ring substituents is 1. The highest BCUT2D eigenvalue weighted by molar-refractivity contribution is 6.30. The molecule has 7 nitrogen and oxygen atoms in total. The van der Waals surface area contributed by atoms with E-state index in [1.165, 1.54) is 6.07 Å². The summed E-state index contributed by atoms with van der Waals surface area (Å²) in [5.41, 5.74) is 1.71. The van der Waals surface area contributed by atoms with Crippen LogP contribution in [-0.2, 0) is 20.1 Å². The van der Waals surface area contributed by atoms with Crippen molar-refractivity contribution < 1.29 is 4.92 Å². The predicted molar refractivity (Wildman–Crippen MR) is 99.8 cm³/mol. The van der Waals surface area contributed by atoms with Gasteiger partial charge in [-0.05, 0) is 13.0 Å². The van der Waals surface area contributed by atoms with E-state index in [0.29, 0.717) is 29.6 Å². The van der Waals surface area contributed by atoms with Gasteiger partial charge in [-0.25, -0.2) is 4.99 Å². The Kier molecular flexibility index (Phi) is 6.41. The van der Waals surface area contributed by atoms with Crippen LogP contribution >= 0.6 is 11.6 Å². The molecule has 25 heavy (non-hydrogen) atoms. The molecule has 0 aliphatic carbocycles. The van der Waals surface area contributed by atoms with Crippen LogP contribution in [0.5, 0.6) is 0 Å². The number of aryl methyl sites for hydroxylation is 1. The first-order chi connectivity index (χ1) is 11.9. The molecule has 0 aliphatic heterocycles. The van der Waals surface area contributed by atoms with Gasteiger partial charge in [-0.15, -0.1) is 0 Å². The summed E-state index contributed by atoms with van der Waals surface area (Å²) in [7, 11) is 3.86. The fraction of sp³-hybridized carbons (Fsp3) is 0.353. The molecule has 0 bridgehead atoms. The molecular weight excluding hydrogens is 342 g/mol. The molecule has 134 valence electrons. The van der Waals surface area contributed by atoms with E-state index in [4.69, 9.17) is 11.6 Å². The number of para-hydroxylation sites is 1. The van der Waals surface area contributed by atoms with Gasteiger partial charge in [0.1, 0.15) is 0 Å². The van der Waals surface area contributed by atoms with E-state index in [1.807, 2.05) is 42.7 Å². The lowest BCUT2D eigenvalue weighted by molar-refractivity contribution is -0.385. The van der Waals surface area contributed by atoms with Gasteiger partial charge in [-0.1, -0.05) is 29.8 Å². The highest BCUT2D eigenvalue weighted by atomic mass is 35.5. The zero-order valence-electron chi connectivity index (χ0n) is 14.6. The maximum Gasteiger partial charge on any atom is 0.274 e. The summed E-state index contributed by atoms with van der Waals surface area (Å²) in [5.74, 6) is 0.679. The topological polar surface area (TPSA) is 75.7 Å². The fourth-order valence-electron chi connectivity index (χ4n) is 2.49. The van der Waals surface area contributed by atoms with Crippen LogP contribution < -0.4 is 5.32 Å². The molecule has 0 amide bonds. The van der Waals surface area contributed by atoms with Crippen LogP contribution in [0.25, 0.3) is 0 Å². The minimum absolute atomic E-state index is 0.0824. The van der Waals surface area contributed by atoms with Crippen LogP contribution in [0, 0.1) is 10.1 Å². The average Bonchev–Trinajstić information content (AvgIpc) is 2.88. The molecule has 1 aromatic heterocycles. The Bertz CT molecular complexity index is 772. The maximum atomic E-state index is 11.1. The lowest BCUT2D eigenvalue weighted by Crippen LogP contribution is -2.38. The van der Waals surface area contributed by atoms with E-state index in [2.05, 4.69) is 10.3 Å². The Labute approximate surface area is 152 Å². The van der Waals surface area contributed by atoms with Crippen molar-refractivity contribution in [2.45, 2.75) is 20.0 Å².